The second kappa shape index (κ2) is 5.68. The van der Waals surface area contributed by atoms with E-state index >= 15 is 0 Å². The van der Waals surface area contributed by atoms with Crippen LogP contribution in [0, 0.1) is 5.82 Å². The average molecular weight is 265 g/mol. The summed E-state index contributed by atoms with van der Waals surface area (Å²) in [5.74, 6) is 0.161. The summed E-state index contributed by atoms with van der Waals surface area (Å²) >= 11 is 1.63. The Bertz CT molecular complexity index is 533. The molecule has 2 rings (SSSR count). The summed E-state index contributed by atoms with van der Waals surface area (Å²) in [7, 11) is 1.66. The predicted octanol–water partition coefficient (Wildman–Crippen LogP) is 3.17. The lowest BCUT2D eigenvalue weighted by Crippen LogP contribution is -2.00. The minimum Gasteiger partial charge on any atom is -0.436 e. The van der Waals surface area contributed by atoms with Gasteiger partial charge in [-0.25, -0.2) is 4.98 Å². The number of hydrogen-bond donors (Lipinski definition) is 1. The Balaban J connectivity index is 2.21. The van der Waals surface area contributed by atoms with Crippen LogP contribution in [0.5, 0.6) is 11.6 Å². The zero-order valence-electron chi connectivity index (χ0n) is 9.98. The van der Waals surface area contributed by atoms with Crippen LogP contribution in [0.3, 0.4) is 0 Å². The Morgan fingerprint density at radius 3 is 2.61 bits per heavy atom. The highest BCUT2D eigenvalue weighted by molar-refractivity contribution is 7.98. The first-order valence-corrected chi connectivity index (χ1v) is 6.47. The van der Waals surface area contributed by atoms with E-state index in [4.69, 9.17) is 4.74 Å². The third-order valence-electron chi connectivity index (χ3n) is 2.21. The molecule has 0 aliphatic rings. The van der Waals surface area contributed by atoms with Crippen molar-refractivity contribution in [3.63, 3.8) is 0 Å². The summed E-state index contributed by atoms with van der Waals surface area (Å²) in [5.41, 5.74) is 0. The molecular weight excluding hydrogens is 253 g/mol. The molecule has 0 saturated carbocycles. The smallest absolute Gasteiger partial charge is 0.260 e. The van der Waals surface area contributed by atoms with Gasteiger partial charge in [0.1, 0.15) is 5.75 Å². The maximum absolute atomic E-state index is 13.5. The molecule has 0 aliphatic carbocycles. The second-order valence-corrected chi connectivity index (χ2v) is 4.25. The van der Waals surface area contributed by atoms with Gasteiger partial charge in [0.25, 0.3) is 5.88 Å². The van der Waals surface area contributed by atoms with Gasteiger partial charge in [0, 0.05) is 11.9 Å². The lowest BCUT2D eigenvalue weighted by Gasteiger charge is -2.07. The Hall–Kier alpha value is -1.82. The van der Waals surface area contributed by atoms with Gasteiger partial charge in [-0.1, -0.05) is 0 Å². The van der Waals surface area contributed by atoms with Gasteiger partial charge in [0.05, 0.1) is 6.20 Å². The Kier molecular flexibility index (Phi) is 3.99. The van der Waals surface area contributed by atoms with E-state index in [1.54, 1.807) is 30.9 Å². The third kappa shape index (κ3) is 2.89. The largest absolute Gasteiger partial charge is 0.436 e. The van der Waals surface area contributed by atoms with Gasteiger partial charge < -0.3 is 10.1 Å². The quantitative estimate of drug-likeness (QED) is 0.860. The van der Waals surface area contributed by atoms with Gasteiger partial charge >= 0.3 is 0 Å². The SMILES string of the molecule is CNc1ncc(F)c(Oc2ccc(SC)cc2)n1. The lowest BCUT2D eigenvalue weighted by molar-refractivity contribution is 0.420. The summed E-state index contributed by atoms with van der Waals surface area (Å²) in [5, 5.41) is 2.73. The fourth-order valence-corrected chi connectivity index (χ4v) is 1.71. The molecule has 0 aliphatic heterocycles. The van der Waals surface area contributed by atoms with Gasteiger partial charge in [-0.2, -0.15) is 9.37 Å². The van der Waals surface area contributed by atoms with Crippen LogP contribution in [0.1, 0.15) is 0 Å². The van der Waals surface area contributed by atoms with E-state index in [0.29, 0.717) is 11.7 Å². The van der Waals surface area contributed by atoms with E-state index < -0.39 is 5.82 Å². The monoisotopic (exact) mass is 265 g/mol. The molecule has 1 heterocycles. The van der Waals surface area contributed by atoms with Gasteiger partial charge in [0.15, 0.2) is 0 Å². The van der Waals surface area contributed by atoms with E-state index in [9.17, 15) is 4.39 Å². The number of aromatic nitrogens is 2. The highest BCUT2D eigenvalue weighted by atomic mass is 32.2. The first-order chi connectivity index (χ1) is 8.72. The Morgan fingerprint density at radius 2 is 2.00 bits per heavy atom. The zero-order valence-corrected chi connectivity index (χ0v) is 10.8. The van der Waals surface area contributed by atoms with Crippen molar-refractivity contribution in [2.45, 2.75) is 4.90 Å². The van der Waals surface area contributed by atoms with Gasteiger partial charge in [-0.05, 0) is 30.5 Å². The van der Waals surface area contributed by atoms with Crippen molar-refractivity contribution in [3.05, 3.63) is 36.3 Å². The van der Waals surface area contributed by atoms with E-state index in [-0.39, 0.29) is 5.88 Å². The third-order valence-corrected chi connectivity index (χ3v) is 2.95. The molecule has 0 unspecified atom stereocenters. The molecule has 0 saturated heterocycles. The number of ether oxygens (including phenoxy) is 1. The summed E-state index contributed by atoms with van der Waals surface area (Å²) in [6.45, 7) is 0. The van der Waals surface area contributed by atoms with Crippen molar-refractivity contribution < 1.29 is 9.13 Å². The summed E-state index contributed by atoms with van der Waals surface area (Å²) in [6, 6.07) is 7.34. The van der Waals surface area contributed by atoms with E-state index in [1.807, 2.05) is 18.4 Å². The van der Waals surface area contributed by atoms with Crippen LogP contribution in [0.25, 0.3) is 0 Å². The molecule has 18 heavy (non-hydrogen) atoms. The number of nitrogens with one attached hydrogen (secondary N) is 1. The van der Waals surface area contributed by atoms with Crippen LogP contribution < -0.4 is 10.1 Å². The molecule has 0 fully saturated rings. The molecular formula is C12H12FN3OS. The van der Waals surface area contributed by atoms with Gasteiger partial charge in [-0.15, -0.1) is 11.8 Å². The second-order valence-electron chi connectivity index (χ2n) is 3.37. The molecule has 6 heteroatoms. The topological polar surface area (TPSA) is 47.0 Å². The fourth-order valence-electron chi connectivity index (χ4n) is 1.30. The van der Waals surface area contributed by atoms with Gasteiger partial charge in [0.2, 0.25) is 11.8 Å². The number of halogens is 1. The molecule has 0 amide bonds. The number of nitrogens with zero attached hydrogens (tertiary/aromatic N) is 2. The normalized spacial score (nSPS) is 10.2. The molecule has 0 bridgehead atoms. The van der Waals surface area contributed by atoms with E-state index in [1.165, 1.54) is 0 Å². The lowest BCUT2D eigenvalue weighted by atomic mass is 10.3. The Labute approximate surface area is 109 Å². The van der Waals surface area contributed by atoms with Crippen molar-refractivity contribution in [2.24, 2.45) is 0 Å². The molecule has 0 spiro atoms. The number of thioether (sulfide) groups is 1. The minimum absolute atomic E-state index is 0.0914. The van der Waals surface area contributed by atoms with Crippen molar-refractivity contribution in [2.75, 3.05) is 18.6 Å². The van der Waals surface area contributed by atoms with Crippen LogP contribution in [0.4, 0.5) is 10.3 Å². The first-order valence-electron chi connectivity index (χ1n) is 5.25. The first kappa shape index (κ1) is 12.6. The highest BCUT2D eigenvalue weighted by Crippen LogP contribution is 2.25. The fraction of sp³-hybridized carbons (Fsp3) is 0.167. The van der Waals surface area contributed by atoms with Crippen molar-refractivity contribution in [1.29, 1.82) is 0 Å². The molecule has 94 valence electrons. The van der Waals surface area contributed by atoms with Crippen LogP contribution >= 0.6 is 11.8 Å². The molecule has 2 aromatic rings. The zero-order chi connectivity index (χ0) is 13.0. The van der Waals surface area contributed by atoms with Crippen LogP contribution in [0.15, 0.2) is 35.4 Å². The number of benzene rings is 1. The number of anilines is 1. The predicted molar refractivity (Wildman–Crippen MR) is 69.8 cm³/mol. The van der Waals surface area contributed by atoms with Crippen LogP contribution in [-0.2, 0) is 0 Å². The summed E-state index contributed by atoms with van der Waals surface area (Å²) in [6.07, 6.45) is 3.06. The average Bonchev–Trinajstić information content (AvgIpc) is 2.42. The maximum Gasteiger partial charge on any atom is 0.260 e. The van der Waals surface area contributed by atoms with Crippen LogP contribution in [0.2, 0.25) is 0 Å². The minimum atomic E-state index is -0.594. The molecule has 1 aromatic heterocycles. The van der Waals surface area contributed by atoms with Crippen molar-refractivity contribution in [1.82, 2.24) is 9.97 Å². The molecule has 1 aromatic carbocycles. The molecule has 0 atom stereocenters. The standard InChI is InChI=1S/C12H12FN3OS/c1-14-12-15-7-10(13)11(16-12)17-8-3-5-9(18-2)6-4-8/h3-7H,1-2H3,(H,14,15,16). The number of hydrogen-bond acceptors (Lipinski definition) is 5. The van der Waals surface area contributed by atoms with Crippen LogP contribution in [-0.4, -0.2) is 23.3 Å². The Morgan fingerprint density at radius 1 is 1.28 bits per heavy atom. The summed E-state index contributed by atoms with van der Waals surface area (Å²) in [4.78, 5) is 8.76. The highest BCUT2D eigenvalue weighted by Gasteiger charge is 2.08. The van der Waals surface area contributed by atoms with Crippen molar-refractivity contribution >= 4 is 17.7 Å². The van der Waals surface area contributed by atoms with E-state index in [0.717, 1.165) is 11.1 Å². The molecule has 1 N–H and O–H groups in total. The summed E-state index contributed by atoms with van der Waals surface area (Å²) < 4.78 is 18.8. The van der Waals surface area contributed by atoms with Gasteiger partial charge in [-0.3, -0.25) is 0 Å². The maximum atomic E-state index is 13.5. The van der Waals surface area contributed by atoms with E-state index in [2.05, 4.69) is 15.3 Å². The molecule has 0 radical (unpaired) electrons. The molecule has 4 nitrogen and oxygen atoms in total. The number of rotatable bonds is 4. The van der Waals surface area contributed by atoms with Crippen molar-refractivity contribution in [3.8, 4) is 11.6 Å².